The average Bonchev–Trinajstić information content (AvgIpc) is 3.07. The Morgan fingerprint density at radius 3 is 2.90 bits per heavy atom. The predicted molar refractivity (Wildman–Crippen MR) is 78.6 cm³/mol. The largest absolute Gasteiger partial charge is 0.336 e. The standard InChI is InChI=1S/C15H19N5/c1-2-14-11-8-16-7-10(11)9-20(14)15-17-12-5-3-4-6-13(12)18-19-15/h3-6,10-11,14,16H,2,7-9H2,1H3. The first-order chi connectivity index (χ1) is 9.86. The van der Waals surface area contributed by atoms with Gasteiger partial charge in [-0.05, 0) is 30.4 Å². The summed E-state index contributed by atoms with van der Waals surface area (Å²) in [6.45, 7) is 5.56. The zero-order valence-corrected chi connectivity index (χ0v) is 11.7. The molecular formula is C15H19N5. The van der Waals surface area contributed by atoms with Gasteiger partial charge in [0.15, 0.2) is 0 Å². The van der Waals surface area contributed by atoms with Gasteiger partial charge in [-0.1, -0.05) is 19.1 Å². The third-order valence-corrected chi connectivity index (χ3v) is 4.74. The molecule has 0 saturated carbocycles. The van der Waals surface area contributed by atoms with Gasteiger partial charge in [-0.25, -0.2) is 4.98 Å². The summed E-state index contributed by atoms with van der Waals surface area (Å²) in [4.78, 5) is 7.09. The molecule has 1 aromatic carbocycles. The van der Waals surface area contributed by atoms with Crippen molar-refractivity contribution in [2.75, 3.05) is 24.5 Å². The van der Waals surface area contributed by atoms with E-state index in [4.69, 9.17) is 4.98 Å². The Morgan fingerprint density at radius 2 is 2.05 bits per heavy atom. The van der Waals surface area contributed by atoms with E-state index in [0.29, 0.717) is 6.04 Å². The summed E-state index contributed by atoms with van der Waals surface area (Å²) in [6, 6.07) is 8.48. The minimum absolute atomic E-state index is 0.540. The van der Waals surface area contributed by atoms with E-state index < -0.39 is 0 Å². The van der Waals surface area contributed by atoms with Crippen molar-refractivity contribution >= 4 is 17.0 Å². The molecule has 0 amide bonds. The number of hydrogen-bond acceptors (Lipinski definition) is 5. The Balaban J connectivity index is 1.71. The van der Waals surface area contributed by atoms with Crippen molar-refractivity contribution in [2.45, 2.75) is 19.4 Å². The maximum Gasteiger partial charge on any atom is 0.246 e. The number of hydrogen-bond donors (Lipinski definition) is 1. The predicted octanol–water partition coefficient (Wildman–Crippen LogP) is 1.46. The number of nitrogens with one attached hydrogen (secondary N) is 1. The number of para-hydroxylation sites is 1. The molecule has 2 aliphatic heterocycles. The van der Waals surface area contributed by atoms with Gasteiger partial charge in [0.05, 0.1) is 5.52 Å². The quantitative estimate of drug-likeness (QED) is 0.894. The van der Waals surface area contributed by atoms with Gasteiger partial charge in [0.25, 0.3) is 0 Å². The first-order valence-electron chi connectivity index (χ1n) is 7.43. The van der Waals surface area contributed by atoms with E-state index in [1.54, 1.807) is 0 Å². The lowest BCUT2D eigenvalue weighted by atomic mass is 9.93. The van der Waals surface area contributed by atoms with Crippen LogP contribution in [0, 0.1) is 11.8 Å². The number of aromatic nitrogens is 3. The maximum absolute atomic E-state index is 4.71. The van der Waals surface area contributed by atoms with Crippen LogP contribution in [-0.2, 0) is 0 Å². The fourth-order valence-electron chi connectivity index (χ4n) is 3.77. The number of rotatable bonds is 2. The molecule has 3 unspecified atom stereocenters. The Kier molecular flexibility index (Phi) is 2.80. The van der Waals surface area contributed by atoms with Crippen LogP contribution in [0.15, 0.2) is 24.3 Å². The van der Waals surface area contributed by atoms with Crippen molar-refractivity contribution in [1.29, 1.82) is 0 Å². The van der Waals surface area contributed by atoms with Gasteiger partial charge in [0, 0.05) is 25.7 Å². The molecule has 1 aromatic heterocycles. The summed E-state index contributed by atoms with van der Waals surface area (Å²) >= 11 is 0. The van der Waals surface area contributed by atoms with Crippen molar-refractivity contribution in [3.8, 4) is 0 Å². The van der Waals surface area contributed by atoms with E-state index in [9.17, 15) is 0 Å². The van der Waals surface area contributed by atoms with Gasteiger partial charge < -0.3 is 10.2 Å². The molecule has 2 fully saturated rings. The Morgan fingerprint density at radius 1 is 1.20 bits per heavy atom. The molecule has 0 spiro atoms. The molecular weight excluding hydrogens is 250 g/mol. The van der Waals surface area contributed by atoms with E-state index in [1.165, 1.54) is 0 Å². The van der Waals surface area contributed by atoms with Gasteiger partial charge in [0.2, 0.25) is 5.95 Å². The van der Waals surface area contributed by atoms with Gasteiger partial charge in [-0.15, -0.1) is 10.2 Å². The molecule has 2 aromatic rings. The third-order valence-electron chi connectivity index (χ3n) is 4.74. The van der Waals surface area contributed by atoms with E-state index in [1.807, 2.05) is 24.3 Å². The molecule has 1 N–H and O–H groups in total. The normalized spacial score (nSPS) is 29.1. The second kappa shape index (κ2) is 4.66. The molecule has 0 aliphatic carbocycles. The fourth-order valence-corrected chi connectivity index (χ4v) is 3.77. The molecule has 20 heavy (non-hydrogen) atoms. The molecule has 5 nitrogen and oxygen atoms in total. The number of benzene rings is 1. The summed E-state index contributed by atoms with van der Waals surface area (Å²) in [5, 5.41) is 12.2. The van der Waals surface area contributed by atoms with Crippen molar-refractivity contribution in [1.82, 2.24) is 20.5 Å². The van der Waals surface area contributed by atoms with E-state index >= 15 is 0 Å². The topological polar surface area (TPSA) is 53.9 Å². The van der Waals surface area contributed by atoms with E-state index in [-0.39, 0.29) is 0 Å². The zero-order chi connectivity index (χ0) is 13.5. The summed E-state index contributed by atoms with van der Waals surface area (Å²) in [5.41, 5.74) is 1.80. The highest BCUT2D eigenvalue weighted by atomic mass is 15.4. The molecule has 104 valence electrons. The van der Waals surface area contributed by atoms with Crippen molar-refractivity contribution in [3.63, 3.8) is 0 Å². The van der Waals surface area contributed by atoms with Crippen LogP contribution in [0.3, 0.4) is 0 Å². The van der Waals surface area contributed by atoms with Crippen molar-refractivity contribution < 1.29 is 0 Å². The van der Waals surface area contributed by atoms with Crippen LogP contribution in [0.2, 0.25) is 0 Å². The molecule has 0 bridgehead atoms. The van der Waals surface area contributed by atoms with Crippen LogP contribution in [0.5, 0.6) is 0 Å². The molecule has 3 heterocycles. The second-order valence-corrected chi connectivity index (χ2v) is 5.81. The highest BCUT2D eigenvalue weighted by molar-refractivity contribution is 5.74. The molecule has 2 saturated heterocycles. The Labute approximate surface area is 118 Å². The monoisotopic (exact) mass is 269 g/mol. The lowest BCUT2D eigenvalue weighted by Crippen LogP contribution is -2.36. The highest BCUT2D eigenvalue weighted by Crippen LogP contribution is 2.36. The number of fused-ring (bicyclic) bond motifs is 2. The third kappa shape index (κ3) is 1.77. The summed E-state index contributed by atoms with van der Waals surface area (Å²) < 4.78 is 0. The lowest BCUT2D eigenvalue weighted by Gasteiger charge is -2.26. The minimum atomic E-state index is 0.540. The SMILES string of the molecule is CCC1C2CNCC2CN1c1nnc2ccccc2n1. The van der Waals surface area contributed by atoms with Crippen LogP contribution in [0.4, 0.5) is 5.95 Å². The zero-order valence-electron chi connectivity index (χ0n) is 11.7. The van der Waals surface area contributed by atoms with Crippen LogP contribution < -0.4 is 10.2 Å². The number of nitrogens with zero attached hydrogens (tertiary/aromatic N) is 4. The first-order valence-corrected chi connectivity index (χ1v) is 7.43. The van der Waals surface area contributed by atoms with Gasteiger partial charge in [-0.3, -0.25) is 0 Å². The Hall–Kier alpha value is -1.75. The van der Waals surface area contributed by atoms with Gasteiger partial charge in [0.1, 0.15) is 5.52 Å². The molecule has 3 atom stereocenters. The maximum atomic E-state index is 4.71. The van der Waals surface area contributed by atoms with Crippen molar-refractivity contribution in [2.24, 2.45) is 11.8 Å². The van der Waals surface area contributed by atoms with Gasteiger partial charge in [-0.2, -0.15) is 0 Å². The molecule has 0 radical (unpaired) electrons. The van der Waals surface area contributed by atoms with Gasteiger partial charge >= 0.3 is 0 Å². The fraction of sp³-hybridized carbons (Fsp3) is 0.533. The van der Waals surface area contributed by atoms with Crippen LogP contribution >= 0.6 is 0 Å². The highest BCUT2D eigenvalue weighted by Gasteiger charge is 2.44. The van der Waals surface area contributed by atoms with Crippen LogP contribution in [0.25, 0.3) is 11.0 Å². The van der Waals surface area contributed by atoms with E-state index in [0.717, 1.165) is 54.9 Å². The lowest BCUT2D eigenvalue weighted by molar-refractivity contribution is 0.440. The Bertz CT molecular complexity index is 628. The number of anilines is 1. The summed E-state index contributed by atoms with van der Waals surface area (Å²) in [5.74, 6) is 2.26. The smallest absolute Gasteiger partial charge is 0.246 e. The van der Waals surface area contributed by atoms with E-state index in [2.05, 4.69) is 27.3 Å². The first kappa shape index (κ1) is 12.0. The summed E-state index contributed by atoms with van der Waals surface area (Å²) in [7, 11) is 0. The minimum Gasteiger partial charge on any atom is -0.336 e. The summed E-state index contributed by atoms with van der Waals surface area (Å²) in [6.07, 6.45) is 1.14. The molecule has 5 heteroatoms. The molecule has 4 rings (SSSR count). The van der Waals surface area contributed by atoms with Crippen molar-refractivity contribution in [3.05, 3.63) is 24.3 Å². The second-order valence-electron chi connectivity index (χ2n) is 5.81. The average molecular weight is 269 g/mol. The molecule has 2 aliphatic rings. The van der Waals surface area contributed by atoms with Crippen LogP contribution in [0.1, 0.15) is 13.3 Å². The van der Waals surface area contributed by atoms with Crippen LogP contribution in [-0.4, -0.2) is 40.9 Å².